The summed E-state index contributed by atoms with van der Waals surface area (Å²) < 4.78 is 1.93. The Bertz CT molecular complexity index is 1220. The molecule has 0 unspecified atom stereocenters. The van der Waals surface area contributed by atoms with E-state index in [0.717, 1.165) is 29.4 Å². The highest BCUT2D eigenvalue weighted by molar-refractivity contribution is 7.98. The minimum absolute atomic E-state index is 0.0401. The summed E-state index contributed by atoms with van der Waals surface area (Å²) in [6.07, 6.45) is 4.31. The lowest BCUT2D eigenvalue weighted by Crippen LogP contribution is -2.49. The smallest absolute Gasteiger partial charge is 0.274 e. The van der Waals surface area contributed by atoms with E-state index in [-0.39, 0.29) is 11.8 Å². The van der Waals surface area contributed by atoms with E-state index in [1.807, 2.05) is 51.9 Å². The summed E-state index contributed by atoms with van der Waals surface area (Å²) in [5, 5.41) is 5.44. The van der Waals surface area contributed by atoms with E-state index in [9.17, 15) is 9.59 Å². The van der Waals surface area contributed by atoms with Gasteiger partial charge in [-0.25, -0.2) is 4.98 Å². The molecule has 3 aromatic rings. The molecule has 2 aliphatic rings. The van der Waals surface area contributed by atoms with Gasteiger partial charge in [-0.15, -0.1) is 11.8 Å². The maximum atomic E-state index is 13.6. The van der Waals surface area contributed by atoms with E-state index >= 15 is 0 Å². The molecule has 1 saturated heterocycles. The molecular weight excluding hydrogens is 460 g/mol. The van der Waals surface area contributed by atoms with Crippen LogP contribution in [0, 0.1) is 0 Å². The number of piperazine rings is 1. The van der Waals surface area contributed by atoms with Crippen LogP contribution in [0.3, 0.4) is 0 Å². The molecule has 2 amide bonds. The third-order valence-electron chi connectivity index (χ3n) is 6.81. The van der Waals surface area contributed by atoms with Gasteiger partial charge in [0.25, 0.3) is 11.8 Å². The van der Waals surface area contributed by atoms with Crippen molar-refractivity contribution < 1.29 is 9.59 Å². The van der Waals surface area contributed by atoms with Gasteiger partial charge in [-0.05, 0) is 37.4 Å². The van der Waals surface area contributed by atoms with Crippen LogP contribution < -0.4 is 4.90 Å². The van der Waals surface area contributed by atoms with Crippen molar-refractivity contribution in [2.75, 3.05) is 43.9 Å². The first-order valence-corrected chi connectivity index (χ1v) is 13.3. The number of carbonyl (C=O) groups is 2. The molecule has 9 heteroatoms. The standard InChI is InChI=1S/C26H30N6O2S/c1-3-32-22-11-13-31(25(33)20-10-7-12-27-24(20)35-2)18-21(22)23(28-32)26(34)30-16-14-29(15-17-30)19-8-5-4-6-9-19/h4-10,12H,3,11,13-18H2,1-2H3. The quantitative estimate of drug-likeness (QED) is 0.512. The predicted molar refractivity (Wildman–Crippen MR) is 137 cm³/mol. The number of pyridine rings is 1. The summed E-state index contributed by atoms with van der Waals surface area (Å²) in [5.74, 6) is -0.0890. The molecular formula is C26H30N6O2S. The zero-order valence-corrected chi connectivity index (χ0v) is 21.0. The number of hydrogen-bond donors (Lipinski definition) is 0. The number of hydrogen-bond acceptors (Lipinski definition) is 6. The lowest BCUT2D eigenvalue weighted by atomic mass is 10.0. The largest absolute Gasteiger partial charge is 0.368 e. The molecule has 0 atom stereocenters. The fourth-order valence-electron chi connectivity index (χ4n) is 4.94. The lowest BCUT2D eigenvalue weighted by Gasteiger charge is -2.36. The molecule has 5 rings (SSSR count). The summed E-state index contributed by atoms with van der Waals surface area (Å²) in [5.41, 5.74) is 4.23. The summed E-state index contributed by atoms with van der Waals surface area (Å²) >= 11 is 1.47. The van der Waals surface area contributed by atoms with Crippen LogP contribution in [0.5, 0.6) is 0 Å². The van der Waals surface area contributed by atoms with Crippen molar-refractivity contribution >= 4 is 29.3 Å². The van der Waals surface area contributed by atoms with Gasteiger partial charge in [0.05, 0.1) is 12.1 Å². The topological polar surface area (TPSA) is 74.6 Å². The van der Waals surface area contributed by atoms with Gasteiger partial charge in [0.2, 0.25) is 0 Å². The van der Waals surface area contributed by atoms with Crippen LogP contribution in [0.4, 0.5) is 5.69 Å². The summed E-state index contributed by atoms with van der Waals surface area (Å²) in [6.45, 7) is 6.60. The average molecular weight is 491 g/mol. The van der Waals surface area contributed by atoms with Crippen molar-refractivity contribution in [2.45, 2.75) is 31.5 Å². The molecule has 2 aliphatic heterocycles. The maximum Gasteiger partial charge on any atom is 0.274 e. The molecule has 4 heterocycles. The summed E-state index contributed by atoms with van der Waals surface area (Å²) in [4.78, 5) is 37.3. The lowest BCUT2D eigenvalue weighted by molar-refractivity contribution is 0.0707. The van der Waals surface area contributed by atoms with E-state index in [0.29, 0.717) is 50.4 Å². The Morgan fingerprint density at radius 2 is 1.71 bits per heavy atom. The third kappa shape index (κ3) is 4.52. The molecule has 8 nitrogen and oxygen atoms in total. The molecule has 2 aromatic heterocycles. The first-order chi connectivity index (χ1) is 17.1. The second kappa shape index (κ2) is 10.1. The van der Waals surface area contributed by atoms with Gasteiger partial charge < -0.3 is 14.7 Å². The van der Waals surface area contributed by atoms with Crippen molar-refractivity contribution in [3.05, 3.63) is 71.2 Å². The maximum absolute atomic E-state index is 13.6. The van der Waals surface area contributed by atoms with E-state index in [4.69, 9.17) is 5.10 Å². The van der Waals surface area contributed by atoms with E-state index in [1.54, 1.807) is 12.3 Å². The van der Waals surface area contributed by atoms with Crippen molar-refractivity contribution in [2.24, 2.45) is 0 Å². The number of aromatic nitrogens is 3. The Morgan fingerprint density at radius 3 is 2.43 bits per heavy atom. The van der Waals surface area contributed by atoms with E-state index in [2.05, 4.69) is 22.0 Å². The highest BCUT2D eigenvalue weighted by Crippen LogP contribution is 2.27. The van der Waals surface area contributed by atoms with Crippen LogP contribution in [-0.2, 0) is 19.5 Å². The number of anilines is 1. The monoisotopic (exact) mass is 490 g/mol. The second-order valence-electron chi connectivity index (χ2n) is 8.74. The fourth-order valence-corrected chi connectivity index (χ4v) is 5.48. The molecule has 35 heavy (non-hydrogen) atoms. The number of aryl methyl sites for hydroxylation is 1. The number of benzene rings is 1. The Morgan fingerprint density at radius 1 is 0.943 bits per heavy atom. The first-order valence-electron chi connectivity index (χ1n) is 12.1. The van der Waals surface area contributed by atoms with Gasteiger partial charge in [0.15, 0.2) is 5.69 Å². The Labute approximate surface area is 209 Å². The number of carbonyl (C=O) groups excluding carboxylic acids is 2. The van der Waals surface area contributed by atoms with Crippen LogP contribution in [0.1, 0.15) is 39.0 Å². The number of nitrogens with zero attached hydrogens (tertiary/aromatic N) is 6. The second-order valence-corrected chi connectivity index (χ2v) is 9.54. The molecule has 0 aliphatic carbocycles. The van der Waals surface area contributed by atoms with Gasteiger partial charge in [0, 0.05) is 68.8 Å². The number of amides is 2. The van der Waals surface area contributed by atoms with E-state index in [1.165, 1.54) is 17.4 Å². The fraction of sp³-hybridized carbons (Fsp3) is 0.385. The molecule has 1 aromatic carbocycles. The Kier molecular flexibility index (Phi) is 6.77. The van der Waals surface area contributed by atoms with Gasteiger partial charge in [0.1, 0.15) is 5.03 Å². The molecule has 0 N–H and O–H groups in total. The normalized spacial score (nSPS) is 15.8. The zero-order valence-electron chi connectivity index (χ0n) is 20.2. The predicted octanol–water partition coefficient (Wildman–Crippen LogP) is 3.18. The average Bonchev–Trinajstić information content (AvgIpc) is 3.30. The molecule has 182 valence electrons. The number of rotatable bonds is 5. The minimum Gasteiger partial charge on any atom is -0.368 e. The van der Waals surface area contributed by atoms with Crippen LogP contribution >= 0.6 is 11.8 Å². The number of para-hydroxylation sites is 1. The molecule has 1 fully saturated rings. The van der Waals surface area contributed by atoms with Crippen molar-refractivity contribution in [1.82, 2.24) is 24.6 Å². The highest BCUT2D eigenvalue weighted by Gasteiger charge is 2.33. The van der Waals surface area contributed by atoms with Crippen LogP contribution in [0.15, 0.2) is 53.7 Å². The van der Waals surface area contributed by atoms with Gasteiger partial charge >= 0.3 is 0 Å². The summed E-state index contributed by atoms with van der Waals surface area (Å²) in [7, 11) is 0. The van der Waals surface area contributed by atoms with Crippen molar-refractivity contribution in [3.8, 4) is 0 Å². The van der Waals surface area contributed by atoms with E-state index < -0.39 is 0 Å². The SMILES string of the molecule is CCn1nc(C(=O)N2CCN(c3ccccc3)CC2)c2c1CCN(C(=O)c1cccnc1SC)C2. The van der Waals surface area contributed by atoms with Gasteiger partial charge in [-0.1, -0.05) is 18.2 Å². The zero-order chi connectivity index (χ0) is 24.4. The minimum atomic E-state index is -0.0489. The molecule has 0 spiro atoms. The Hall–Kier alpha value is -3.33. The number of fused-ring (bicyclic) bond motifs is 1. The Balaban J connectivity index is 1.35. The van der Waals surface area contributed by atoms with Crippen LogP contribution in [0.2, 0.25) is 0 Å². The molecule has 0 saturated carbocycles. The van der Waals surface area contributed by atoms with Crippen molar-refractivity contribution in [3.63, 3.8) is 0 Å². The van der Waals surface area contributed by atoms with Crippen LogP contribution in [-0.4, -0.2) is 75.4 Å². The molecule has 0 radical (unpaired) electrons. The summed E-state index contributed by atoms with van der Waals surface area (Å²) in [6, 6.07) is 13.9. The van der Waals surface area contributed by atoms with Crippen molar-refractivity contribution in [1.29, 1.82) is 0 Å². The molecule has 0 bridgehead atoms. The third-order valence-corrected chi connectivity index (χ3v) is 7.52. The number of thioether (sulfide) groups is 1. The van der Waals surface area contributed by atoms with Gasteiger partial charge in [-0.3, -0.25) is 14.3 Å². The first kappa shape index (κ1) is 23.4. The van der Waals surface area contributed by atoms with Crippen LogP contribution in [0.25, 0.3) is 0 Å². The van der Waals surface area contributed by atoms with Gasteiger partial charge in [-0.2, -0.15) is 5.10 Å². The highest BCUT2D eigenvalue weighted by atomic mass is 32.2.